The van der Waals surface area contributed by atoms with Gasteiger partial charge in [-0.2, -0.15) is 0 Å². The zero-order chi connectivity index (χ0) is 20.5. The van der Waals surface area contributed by atoms with Crippen LogP contribution in [0.3, 0.4) is 0 Å². The number of hydrogen-bond acceptors (Lipinski definition) is 4. The molecule has 4 heteroatoms. The van der Waals surface area contributed by atoms with Gasteiger partial charge in [-0.3, -0.25) is 4.90 Å². The van der Waals surface area contributed by atoms with E-state index in [9.17, 15) is 0 Å². The van der Waals surface area contributed by atoms with Crippen LogP contribution in [0.15, 0.2) is 48.5 Å². The van der Waals surface area contributed by atoms with Crippen LogP contribution in [0.1, 0.15) is 30.9 Å². The number of ether oxygens (including phenoxy) is 2. The second-order valence-corrected chi connectivity index (χ2v) is 8.09. The molecule has 0 spiro atoms. The molecule has 0 bridgehead atoms. The van der Waals surface area contributed by atoms with Gasteiger partial charge in [-0.25, -0.2) is 0 Å². The Morgan fingerprint density at radius 1 is 1.00 bits per heavy atom. The van der Waals surface area contributed by atoms with Crippen LogP contribution in [-0.2, 0) is 13.0 Å². The number of hydrogen-bond donors (Lipinski definition) is 0. The van der Waals surface area contributed by atoms with Crippen molar-refractivity contribution >= 4 is 0 Å². The molecule has 1 aliphatic heterocycles. The molecule has 29 heavy (non-hydrogen) atoms. The first kappa shape index (κ1) is 21.7. The summed E-state index contributed by atoms with van der Waals surface area (Å²) in [4.78, 5) is 5.22. The molecule has 1 unspecified atom stereocenters. The van der Waals surface area contributed by atoms with E-state index in [2.05, 4.69) is 53.1 Å². The maximum absolute atomic E-state index is 5.38. The summed E-state index contributed by atoms with van der Waals surface area (Å²) in [6, 6.07) is 16.9. The molecule has 1 heterocycles. The predicted octanol–water partition coefficient (Wildman–Crippen LogP) is 4.48. The van der Waals surface area contributed by atoms with Gasteiger partial charge >= 0.3 is 0 Å². The summed E-state index contributed by atoms with van der Waals surface area (Å²) >= 11 is 0. The molecule has 0 amide bonds. The number of methoxy groups -OCH3 is 2. The molecule has 0 aromatic heterocycles. The highest BCUT2D eigenvalue weighted by molar-refractivity contribution is 5.29. The smallest absolute Gasteiger partial charge is 0.119 e. The van der Waals surface area contributed by atoms with Crippen LogP contribution >= 0.6 is 0 Å². The average Bonchev–Trinajstić information content (AvgIpc) is 2.77. The fraction of sp³-hybridized carbons (Fsp3) is 0.520. The van der Waals surface area contributed by atoms with Gasteiger partial charge in [0.15, 0.2) is 0 Å². The van der Waals surface area contributed by atoms with Gasteiger partial charge < -0.3 is 14.4 Å². The third-order valence-electron chi connectivity index (χ3n) is 5.96. The number of likely N-dealkylation sites (tertiary alicyclic amines) is 1. The monoisotopic (exact) mass is 396 g/mol. The third kappa shape index (κ3) is 6.76. The van der Waals surface area contributed by atoms with E-state index in [1.165, 1.54) is 43.6 Å². The lowest BCUT2D eigenvalue weighted by Crippen LogP contribution is -2.41. The highest BCUT2D eigenvalue weighted by Gasteiger charge is 2.21. The van der Waals surface area contributed by atoms with E-state index < -0.39 is 0 Å². The lowest BCUT2D eigenvalue weighted by molar-refractivity contribution is 0.133. The van der Waals surface area contributed by atoms with Gasteiger partial charge in [0.1, 0.15) is 11.5 Å². The minimum Gasteiger partial charge on any atom is -0.497 e. The molecule has 158 valence electrons. The first-order valence-electron chi connectivity index (χ1n) is 10.9. The highest BCUT2D eigenvalue weighted by atomic mass is 16.5. The summed E-state index contributed by atoms with van der Waals surface area (Å²) < 4.78 is 10.7. The van der Waals surface area contributed by atoms with Crippen molar-refractivity contribution in [3.8, 4) is 11.5 Å². The molecule has 0 radical (unpaired) electrons. The standard InChI is InChI=1S/C25H36N2O2/c1-4-26(18-22-9-6-12-25(17-22)29-3)19-23-10-7-14-27(20-23)15-13-21-8-5-11-24(16-21)28-2/h5-6,8-9,11-12,16-17,23H,4,7,10,13-15,18-20H2,1-3H3. The lowest BCUT2D eigenvalue weighted by atomic mass is 9.96. The van der Waals surface area contributed by atoms with Crippen LogP contribution in [0.2, 0.25) is 0 Å². The number of piperidine rings is 1. The molecular formula is C25H36N2O2. The number of nitrogens with zero attached hydrogens (tertiary/aromatic N) is 2. The molecule has 0 N–H and O–H groups in total. The Hall–Kier alpha value is -2.04. The van der Waals surface area contributed by atoms with Gasteiger partial charge in [0, 0.05) is 26.2 Å². The third-order valence-corrected chi connectivity index (χ3v) is 5.96. The van der Waals surface area contributed by atoms with Crippen LogP contribution in [-0.4, -0.2) is 56.7 Å². The fourth-order valence-electron chi connectivity index (χ4n) is 4.32. The Labute approximate surface area is 176 Å². The van der Waals surface area contributed by atoms with Crippen molar-refractivity contribution in [3.05, 3.63) is 59.7 Å². The Morgan fingerprint density at radius 2 is 1.69 bits per heavy atom. The van der Waals surface area contributed by atoms with E-state index in [0.717, 1.165) is 43.5 Å². The summed E-state index contributed by atoms with van der Waals surface area (Å²) in [5.74, 6) is 2.65. The average molecular weight is 397 g/mol. The SMILES string of the molecule is CCN(Cc1cccc(OC)c1)CC1CCCN(CCc2cccc(OC)c2)C1. The molecule has 0 saturated carbocycles. The Bertz CT molecular complexity index is 749. The van der Waals surface area contributed by atoms with Crippen molar-refractivity contribution in [3.63, 3.8) is 0 Å². The molecule has 1 saturated heterocycles. The Balaban J connectivity index is 1.49. The van der Waals surface area contributed by atoms with Crippen LogP contribution in [0, 0.1) is 5.92 Å². The minimum atomic E-state index is 0.750. The first-order chi connectivity index (χ1) is 14.2. The summed E-state index contributed by atoms with van der Waals surface area (Å²) in [6.07, 6.45) is 3.73. The second kappa shape index (κ2) is 11.2. The van der Waals surface area contributed by atoms with Crippen LogP contribution < -0.4 is 9.47 Å². The van der Waals surface area contributed by atoms with Gasteiger partial charge in [-0.05, 0) is 73.7 Å². The first-order valence-corrected chi connectivity index (χ1v) is 10.9. The molecule has 1 atom stereocenters. The van der Waals surface area contributed by atoms with E-state index in [0.29, 0.717) is 0 Å². The summed E-state index contributed by atoms with van der Waals surface area (Å²) in [6.45, 7) is 9.07. The molecule has 4 nitrogen and oxygen atoms in total. The molecule has 1 aliphatic rings. The van der Waals surface area contributed by atoms with E-state index in [1.54, 1.807) is 14.2 Å². The van der Waals surface area contributed by atoms with E-state index in [4.69, 9.17) is 9.47 Å². The summed E-state index contributed by atoms with van der Waals surface area (Å²) in [7, 11) is 3.47. The van der Waals surface area contributed by atoms with Gasteiger partial charge in [0.25, 0.3) is 0 Å². The fourth-order valence-corrected chi connectivity index (χ4v) is 4.32. The number of rotatable bonds is 10. The predicted molar refractivity (Wildman–Crippen MR) is 120 cm³/mol. The Morgan fingerprint density at radius 3 is 2.38 bits per heavy atom. The van der Waals surface area contributed by atoms with Crippen LogP contribution in [0.4, 0.5) is 0 Å². The largest absolute Gasteiger partial charge is 0.497 e. The van der Waals surface area contributed by atoms with Crippen molar-refractivity contribution < 1.29 is 9.47 Å². The van der Waals surface area contributed by atoms with Crippen molar-refractivity contribution in [1.82, 2.24) is 9.80 Å². The minimum absolute atomic E-state index is 0.750. The molecular weight excluding hydrogens is 360 g/mol. The maximum atomic E-state index is 5.38. The quantitative estimate of drug-likeness (QED) is 0.591. The summed E-state index contributed by atoms with van der Waals surface area (Å²) in [5.41, 5.74) is 2.69. The lowest BCUT2D eigenvalue weighted by Gasteiger charge is -2.35. The highest BCUT2D eigenvalue weighted by Crippen LogP contribution is 2.21. The van der Waals surface area contributed by atoms with E-state index >= 15 is 0 Å². The van der Waals surface area contributed by atoms with Crippen molar-refractivity contribution in [1.29, 1.82) is 0 Å². The Kier molecular flexibility index (Phi) is 8.38. The molecule has 0 aliphatic carbocycles. The molecule has 2 aromatic rings. The van der Waals surface area contributed by atoms with Crippen molar-refractivity contribution in [2.24, 2.45) is 5.92 Å². The maximum Gasteiger partial charge on any atom is 0.119 e. The van der Waals surface area contributed by atoms with Crippen molar-refractivity contribution in [2.45, 2.75) is 32.7 Å². The number of benzene rings is 2. The van der Waals surface area contributed by atoms with Crippen molar-refractivity contribution in [2.75, 3.05) is 46.9 Å². The van der Waals surface area contributed by atoms with Gasteiger partial charge in [-0.1, -0.05) is 31.2 Å². The van der Waals surface area contributed by atoms with Gasteiger partial charge in [0.2, 0.25) is 0 Å². The molecule has 1 fully saturated rings. The van der Waals surface area contributed by atoms with Gasteiger partial charge in [0.05, 0.1) is 14.2 Å². The zero-order valence-electron chi connectivity index (χ0n) is 18.3. The van der Waals surface area contributed by atoms with Crippen LogP contribution in [0.25, 0.3) is 0 Å². The molecule has 2 aromatic carbocycles. The normalized spacial score (nSPS) is 17.4. The van der Waals surface area contributed by atoms with E-state index in [1.807, 2.05) is 12.1 Å². The molecule has 3 rings (SSSR count). The summed E-state index contributed by atoms with van der Waals surface area (Å²) in [5, 5.41) is 0. The topological polar surface area (TPSA) is 24.9 Å². The van der Waals surface area contributed by atoms with Crippen LogP contribution in [0.5, 0.6) is 11.5 Å². The van der Waals surface area contributed by atoms with Gasteiger partial charge in [-0.15, -0.1) is 0 Å². The second-order valence-electron chi connectivity index (χ2n) is 8.09. The zero-order valence-corrected chi connectivity index (χ0v) is 18.3. The van der Waals surface area contributed by atoms with E-state index in [-0.39, 0.29) is 0 Å².